The van der Waals surface area contributed by atoms with Crippen LogP contribution in [0, 0.1) is 0 Å². The van der Waals surface area contributed by atoms with Crippen LogP contribution in [0.2, 0.25) is 0 Å². The van der Waals surface area contributed by atoms with Crippen molar-refractivity contribution in [3.8, 4) is 11.3 Å². The van der Waals surface area contributed by atoms with Crippen LogP contribution >= 0.6 is 11.3 Å². The van der Waals surface area contributed by atoms with Gasteiger partial charge >= 0.3 is 11.9 Å². The first-order valence-corrected chi connectivity index (χ1v) is 7.63. The van der Waals surface area contributed by atoms with E-state index in [9.17, 15) is 9.59 Å². The van der Waals surface area contributed by atoms with E-state index in [1.807, 2.05) is 35.7 Å². The Labute approximate surface area is 131 Å². The lowest BCUT2D eigenvalue weighted by atomic mass is 10.2. The van der Waals surface area contributed by atoms with Gasteiger partial charge in [0, 0.05) is 24.0 Å². The van der Waals surface area contributed by atoms with Crippen molar-refractivity contribution in [1.82, 2.24) is 4.98 Å². The monoisotopic (exact) mass is 320 g/mol. The molecule has 116 valence electrons. The molecule has 6 nitrogen and oxygen atoms in total. The summed E-state index contributed by atoms with van der Waals surface area (Å²) in [6.07, 6.45) is -0.111. The Morgan fingerprint density at radius 3 is 2.18 bits per heavy atom. The van der Waals surface area contributed by atoms with Gasteiger partial charge in [0.1, 0.15) is 0 Å². The number of thiazole rings is 1. The molecule has 1 heterocycles. The minimum Gasteiger partial charge on any atom is -0.481 e. The van der Waals surface area contributed by atoms with Crippen LogP contribution in [0.3, 0.4) is 0 Å². The molecule has 0 fully saturated rings. The number of aromatic nitrogens is 1. The second kappa shape index (κ2) is 7.56. The number of carbonyl (C=O) groups is 2. The second-order valence-electron chi connectivity index (χ2n) is 4.66. The van der Waals surface area contributed by atoms with Crippen LogP contribution in [0.4, 0.5) is 5.13 Å². The molecule has 0 atom stereocenters. The quantitative estimate of drug-likeness (QED) is 0.777. The summed E-state index contributed by atoms with van der Waals surface area (Å²) in [6, 6.07) is 9.64. The third-order valence-corrected chi connectivity index (χ3v) is 3.92. The molecule has 2 rings (SSSR count). The van der Waals surface area contributed by atoms with Gasteiger partial charge in [0.05, 0.1) is 18.5 Å². The van der Waals surface area contributed by atoms with Crippen molar-refractivity contribution in [2.45, 2.75) is 12.8 Å². The molecule has 0 saturated heterocycles. The van der Waals surface area contributed by atoms with Gasteiger partial charge in [-0.25, -0.2) is 4.98 Å². The number of benzene rings is 1. The smallest absolute Gasteiger partial charge is 0.305 e. The number of nitrogens with zero attached hydrogens (tertiary/aromatic N) is 2. The van der Waals surface area contributed by atoms with Gasteiger partial charge in [0.2, 0.25) is 0 Å². The van der Waals surface area contributed by atoms with E-state index in [0.717, 1.165) is 11.3 Å². The molecule has 0 spiro atoms. The summed E-state index contributed by atoms with van der Waals surface area (Å²) in [5, 5.41) is 20.1. The predicted molar refractivity (Wildman–Crippen MR) is 84.3 cm³/mol. The second-order valence-corrected chi connectivity index (χ2v) is 5.49. The maximum Gasteiger partial charge on any atom is 0.305 e. The van der Waals surface area contributed by atoms with E-state index in [0.29, 0.717) is 5.13 Å². The highest BCUT2D eigenvalue weighted by atomic mass is 32.1. The number of aliphatic carboxylic acids is 2. The molecule has 2 aromatic rings. The lowest BCUT2D eigenvalue weighted by Gasteiger charge is -2.19. The van der Waals surface area contributed by atoms with Gasteiger partial charge in [-0.2, -0.15) is 0 Å². The zero-order valence-electron chi connectivity index (χ0n) is 11.8. The summed E-state index contributed by atoms with van der Waals surface area (Å²) in [5.41, 5.74) is 1.78. The van der Waals surface area contributed by atoms with Gasteiger partial charge in [-0.15, -0.1) is 11.3 Å². The van der Waals surface area contributed by atoms with Crippen LogP contribution < -0.4 is 4.90 Å². The summed E-state index contributed by atoms with van der Waals surface area (Å²) in [7, 11) is 0. The first-order chi connectivity index (χ1) is 10.6. The summed E-state index contributed by atoms with van der Waals surface area (Å²) in [6.45, 7) is 0.481. The van der Waals surface area contributed by atoms with E-state index in [1.54, 1.807) is 4.90 Å². The van der Waals surface area contributed by atoms with Gasteiger partial charge in [0.15, 0.2) is 5.13 Å². The number of hydrogen-bond donors (Lipinski definition) is 2. The Morgan fingerprint density at radius 1 is 1.05 bits per heavy atom. The average Bonchev–Trinajstić information content (AvgIpc) is 2.97. The molecule has 1 aromatic carbocycles. The summed E-state index contributed by atoms with van der Waals surface area (Å²) in [5.74, 6) is -1.83. The van der Waals surface area contributed by atoms with Crippen LogP contribution in [-0.4, -0.2) is 40.2 Å². The van der Waals surface area contributed by atoms with Crippen LogP contribution in [0.5, 0.6) is 0 Å². The fourth-order valence-corrected chi connectivity index (χ4v) is 2.80. The maximum absolute atomic E-state index is 10.7. The molecule has 7 heteroatoms. The molecule has 22 heavy (non-hydrogen) atoms. The minimum absolute atomic E-state index is 0.0557. The molecule has 0 aliphatic carbocycles. The van der Waals surface area contributed by atoms with Gasteiger partial charge < -0.3 is 15.1 Å². The van der Waals surface area contributed by atoms with Crippen molar-refractivity contribution >= 4 is 28.4 Å². The van der Waals surface area contributed by atoms with Crippen molar-refractivity contribution in [3.63, 3.8) is 0 Å². The van der Waals surface area contributed by atoms with Crippen LogP contribution in [0.25, 0.3) is 11.3 Å². The molecule has 0 aliphatic heterocycles. The number of anilines is 1. The SMILES string of the molecule is O=C(O)CCN(CCC(=O)O)c1nc(-c2ccccc2)cs1. The third-order valence-electron chi connectivity index (χ3n) is 3.02. The van der Waals surface area contributed by atoms with Gasteiger partial charge in [-0.05, 0) is 0 Å². The van der Waals surface area contributed by atoms with Crippen LogP contribution in [-0.2, 0) is 9.59 Å². The number of hydrogen-bond acceptors (Lipinski definition) is 5. The predicted octanol–water partition coefficient (Wildman–Crippen LogP) is 2.57. The number of carboxylic acid groups (broad SMARTS) is 2. The van der Waals surface area contributed by atoms with Crippen molar-refractivity contribution < 1.29 is 19.8 Å². The zero-order valence-corrected chi connectivity index (χ0v) is 12.6. The van der Waals surface area contributed by atoms with Gasteiger partial charge in [0.25, 0.3) is 0 Å². The first kappa shape index (κ1) is 16.0. The van der Waals surface area contributed by atoms with E-state index < -0.39 is 11.9 Å². The third kappa shape index (κ3) is 4.56. The normalized spacial score (nSPS) is 10.4. The molecular formula is C15H16N2O4S. The molecule has 1 aromatic heterocycles. The van der Waals surface area contributed by atoms with Crippen molar-refractivity contribution in [1.29, 1.82) is 0 Å². The molecule has 0 unspecified atom stereocenters. The molecular weight excluding hydrogens is 304 g/mol. The Morgan fingerprint density at radius 2 is 1.64 bits per heavy atom. The topological polar surface area (TPSA) is 90.7 Å². The highest BCUT2D eigenvalue weighted by molar-refractivity contribution is 7.14. The standard InChI is InChI=1S/C15H16N2O4S/c18-13(19)6-8-17(9-7-14(20)21)15-16-12(10-22-15)11-4-2-1-3-5-11/h1-5,10H,6-9H2,(H,18,19)(H,20,21). The van der Waals surface area contributed by atoms with Crippen molar-refractivity contribution in [3.05, 3.63) is 35.7 Å². The molecule has 0 amide bonds. The van der Waals surface area contributed by atoms with E-state index >= 15 is 0 Å². The van der Waals surface area contributed by atoms with E-state index in [2.05, 4.69) is 4.98 Å². The molecule has 0 bridgehead atoms. The zero-order chi connectivity index (χ0) is 15.9. The lowest BCUT2D eigenvalue weighted by molar-refractivity contribution is -0.137. The number of rotatable bonds is 8. The van der Waals surface area contributed by atoms with Crippen LogP contribution in [0.1, 0.15) is 12.8 Å². The highest BCUT2D eigenvalue weighted by Gasteiger charge is 2.14. The molecule has 0 aliphatic rings. The van der Waals surface area contributed by atoms with Crippen molar-refractivity contribution in [2.75, 3.05) is 18.0 Å². The summed E-state index contributed by atoms with van der Waals surface area (Å²) < 4.78 is 0. The molecule has 2 N–H and O–H groups in total. The highest BCUT2D eigenvalue weighted by Crippen LogP contribution is 2.27. The maximum atomic E-state index is 10.7. The molecule has 0 radical (unpaired) electrons. The van der Waals surface area contributed by atoms with Gasteiger partial charge in [-0.3, -0.25) is 9.59 Å². The van der Waals surface area contributed by atoms with Gasteiger partial charge in [-0.1, -0.05) is 30.3 Å². The van der Waals surface area contributed by atoms with Crippen molar-refractivity contribution in [2.24, 2.45) is 0 Å². The Balaban J connectivity index is 2.14. The lowest BCUT2D eigenvalue weighted by Crippen LogP contribution is -2.28. The van der Waals surface area contributed by atoms with Crippen LogP contribution in [0.15, 0.2) is 35.7 Å². The van der Waals surface area contributed by atoms with E-state index in [-0.39, 0.29) is 25.9 Å². The minimum atomic E-state index is -0.917. The average molecular weight is 320 g/mol. The largest absolute Gasteiger partial charge is 0.481 e. The van der Waals surface area contributed by atoms with E-state index in [4.69, 9.17) is 10.2 Å². The summed E-state index contributed by atoms with van der Waals surface area (Å²) >= 11 is 1.38. The first-order valence-electron chi connectivity index (χ1n) is 6.76. The Hall–Kier alpha value is -2.41. The fraction of sp³-hybridized carbons (Fsp3) is 0.267. The molecule has 0 saturated carbocycles. The Bertz CT molecular complexity index is 624. The van der Waals surface area contributed by atoms with E-state index in [1.165, 1.54) is 11.3 Å². The summed E-state index contributed by atoms with van der Waals surface area (Å²) in [4.78, 5) is 27.7. The Kier molecular flexibility index (Phi) is 5.48. The number of carboxylic acids is 2. The fourth-order valence-electron chi connectivity index (χ4n) is 1.92.